The molecule has 0 bridgehead atoms. The van der Waals surface area contributed by atoms with Crippen LogP contribution in [-0.2, 0) is 9.47 Å². The normalized spacial score (nSPS) is 34.8. The average molecular weight is 405 g/mol. The molecule has 2 aliphatic heterocycles. The van der Waals surface area contributed by atoms with E-state index in [2.05, 4.69) is 23.6 Å². The number of hydrogen-bond donors (Lipinski definition) is 1. The molecule has 3 fully saturated rings. The third-order valence-corrected chi connectivity index (χ3v) is 6.96. The number of non-ortho nitro benzene ring substituents is 1. The summed E-state index contributed by atoms with van der Waals surface area (Å²) in [6, 6.07) is 6.64. The van der Waals surface area contributed by atoms with Crippen LogP contribution in [0.1, 0.15) is 26.7 Å². The van der Waals surface area contributed by atoms with Gasteiger partial charge in [0.2, 0.25) is 0 Å². The molecule has 4 rings (SSSR count). The van der Waals surface area contributed by atoms with Gasteiger partial charge in [-0.1, -0.05) is 0 Å². The standard InChI is InChI=1S/C21H31N3O5/c1-20(2)13-15-12-18(28-3)19(21(15,25)14-29-20)23-10-8-22(9-11-23)16-4-6-17(7-5-16)24(26)27/h4-7,15,18-19,25H,8-14H2,1-3H3/t15-,18-,19+,21+/m1/s1. The highest BCUT2D eigenvalue weighted by Gasteiger charge is 2.60. The Morgan fingerprint density at radius 1 is 1.21 bits per heavy atom. The van der Waals surface area contributed by atoms with E-state index >= 15 is 0 Å². The van der Waals surface area contributed by atoms with Gasteiger partial charge in [0, 0.05) is 51.1 Å². The predicted molar refractivity (Wildman–Crippen MR) is 109 cm³/mol. The second-order valence-corrected chi connectivity index (χ2v) is 9.19. The van der Waals surface area contributed by atoms with Crippen LogP contribution < -0.4 is 4.90 Å². The Hall–Kier alpha value is -1.74. The summed E-state index contributed by atoms with van der Waals surface area (Å²) in [5.41, 5.74) is 0.00352. The molecule has 0 aromatic heterocycles. The zero-order valence-corrected chi connectivity index (χ0v) is 17.4. The lowest BCUT2D eigenvalue weighted by Gasteiger charge is -2.49. The van der Waals surface area contributed by atoms with E-state index in [0.717, 1.165) is 44.7 Å². The fraction of sp³-hybridized carbons (Fsp3) is 0.714. The second kappa shape index (κ2) is 7.50. The molecule has 8 heteroatoms. The van der Waals surface area contributed by atoms with E-state index in [4.69, 9.17) is 9.47 Å². The highest BCUT2D eigenvalue weighted by molar-refractivity contribution is 5.51. The van der Waals surface area contributed by atoms with Crippen LogP contribution in [0.3, 0.4) is 0 Å². The van der Waals surface area contributed by atoms with Gasteiger partial charge < -0.3 is 19.5 Å². The van der Waals surface area contributed by atoms with Gasteiger partial charge in [0.25, 0.3) is 5.69 Å². The fourth-order valence-electron chi connectivity index (χ4n) is 5.42. The van der Waals surface area contributed by atoms with Gasteiger partial charge in [-0.25, -0.2) is 0 Å². The molecular formula is C21H31N3O5. The zero-order chi connectivity index (χ0) is 20.8. The van der Waals surface area contributed by atoms with Gasteiger partial charge in [-0.05, 0) is 44.7 Å². The number of nitrogens with zero attached hydrogens (tertiary/aromatic N) is 3. The summed E-state index contributed by atoms with van der Waals surface area (Å²) in [5, 5.41) is 22.5. The lowest BCUT2D eigenvalue weighted by atomic mass is 9.78. The maximum atomic E-state index is 11.6. The quantitative estimate of drug-likeness (QED) is 0.606. The summed E-state index contributed by atoms with van der Waals surface area (Å²) in [7, 11) is 1.73. The van der Waals surface area contributed by atoms with E-state index < -0.39 is 5.60 Å². The van der Waals surface area contributed by atoms with Crippen molar-refractivity contribution in [1.82, 2.24) is 4.90 Å². The number of fused-ring (bicyclic) bond motifs is 1. The monoisotopic (exact) mass is 405 g/mol. The molecule has 1 N–H and O–H groups in total. The zero-order valence-electron chi connectivity index (χ0n) is 17.4. The molecule has 1 saturated carbocycles. The summed E-state index contributed by atoms with van der Waals surface area (Å²) >= 11 is 0. The number of hydrogen-bond acceptors (Lipinski definition) is 7. The van der Waals surface area contributed by atoms with Crippen molar-refractivity contribution in [1.29, 1.82) is 0 Å². The minimum absolute atomic E-state index is 0.00609. The number of ether oxygens (including phenoxy) is 2. The van der Waals surface area contributed by atoms with Gasteiger partial charge >= 0.3 is 0 Å². The first-order valence-corrected chi connectivity index (χ1v) is 10.4. The van der Waals surface area contributed by atoms with Gasteiger partial charge in [0.05, 0.1) is 29.3 Å². The Labute approximate surface area is 171 Å². The number of nitro groups is 1. The number of nitro benzene ring substituents is 1. The van der Waals surface area contributed by atoms with E-state index in [1.807, 2.05) is 12.1 Å². The van der Waals surface area contributed by atoms with E-state index in [0.29, 0.717) is 6.61 Å². The molecule has 0 amide bonds. The van der Waals surface area contributed by atoms with Crippen LogP contribution in [0.2, 0.25) is 0 Å². The molecule has 29 heavy (non-hydrogen) atoms. The summed E-state index contributed by atoms with van der Waals surface area (Å²) in [6.45, 7) is 7.74. The van der Waals surface area contributed by atoms with Crippen molar-refractivity contribution in [2.75, 3.05) is 44.8 Å². The van der Waals surface area contributed by atoms with Crippen LogP contribution in [0.15, 0.2) is 24.3 Å². The highest BCUT2D eigenvalue weighted by Crippen LogP contribution is 2.48. The maximum absolute atomic E-state index is 11.6. The number of benzene rings is 1. The summed E-state index contributed by atoms with van der Waals surface area (Å²) in [6.07, 6.45) is 1.68. The van der Waals surface area contributed by atoms with E-state index in [1.165, 1.54) is 0 Å². The number of methoxy groups -OCH3 is 1. The SMILES string of the molecule is CO[C@@H]1C[C@@H]2CC(C)(C)OC[C@@]2(O)[C@H]1N1CCN(c2ccc([N+](=O)[O-])cc2)CC1. The van der Waals surface area contributed by atoms with Crippen molar-refractivity contribution < 1.29 is 19.5 Å². The molecule has 1 aromatic rings. The fourth-order valence-corrected chi connectivity index (χ4v) is 5.42. The second-order valence-electron chi connectivity index (χ2n) is 9.19. The van der Waals surface area contributed by atoms with Crippen molar-refractivity contribution in [2.45, 2.75) is 50.0 Å². The van der Waals surface area contributed by atoms with Crippen molar-refractivity contribution in [3.63, 3.8) is 0 Å². The molecule has 1 aromatic carbocycles. The molecule has 1 aliphatic carbocycles. The van der Waals surface area contributed by atoms with Crippen LogP contribution in [-0.4, -0.2) is 78.2 Å². The lowest BCUT2D eigenvalue weighted by Crippen LogP contribution is -2.64. The van der Waals surface area contributed by atoms with Crippen LogP contribution in [0.25, 0.3) is 0 Å². The number of rotatable bonds is 4. The Morgan fingerprint density at radius 2 is 1.86 bits per heavy atom. The Kier molecular flexibility index (Phi) is 5.31. The average Bonchev–Trinajstić information content (AvgIpc) is 2.99. The summed E-state index contributed by atoms with van der Waals surface area (Å²) < 4.78 is 11.8. The molecule has 3 aliphatic rings. The smallest absolute Gasteiger partial charge is 0.269 e. The molecular weight excluding hydrogens is 374 g/mol. The topological polar surface area (TPSA) is 88.3 Å². The van der Waals surface area contributed by atoms with Crippen molar-refractivity contribution in [3.05, 3.63) is 34.4 Å². The molecule has 8 nitrogen and oxygen atoms in total. The van der Waals surface area contributed by atoms with Crippen molar-refractivity contribution in [3.8, 4) is 0 Å². The van der Waals surface area contributed by atoms with E-state index in [1.54, 1.807) is 19.2 Å². The number of aliphatic hydroxyl groups is 1. The molecule has 0 spiro atoms. The molecule has 0 radical (unpaired) electrons. The van der Waals surface area contributed by atoms with Crippen LogP contribution in [0.4, 0.5) is 11.4 Å². The summed E-state index contributed by atoms with van der Waals surface area (Å²) in [4.78, 5) is 15.1. The van der Waals surface area contributed by atoms with Crippen molar-refractivity contribution in [2.24, 2.45) is 5.92 Å². The van der Waals surface area contributed by atoms with Gasteiger partial charge in [0.15, 0.2) is 0 Å². The van der Waals surface area contributed by atoms with Gasteiger partial charge in [-0.15, -0.1) is 0 Å². The molecule has 160 valence electrons. The van der Waals surface area contributed by atoms with Crippen molar-refractivity contribution >= 4 is 11.4 Å². The molecule has 2 heterocycles. The minimum atomic E-state index is -0.883. The largest absolute Gasteiger partial charge is 0.385 e. The number of piperazine rings is 1. The third-order valence-electron chi connectivity index (χ3n) is 6.96. The van der Waals surface area contributed by atoms with Gasteiger partial charge in [0.1, 0.15) is 5.60 Å². The lowest BCUT2D eigenvalue weighted by molar-refractivity contribution is -0.384. The van der Waals surface area contributed by atoms with E-state index in [9.17, 15) is 15.2 Å². The number of anilines is 1. The van der Waals surface area contributed by atoms with Crippen LogP contribution in [0, 0.1) is 16.0 Å². The highest BCUT2D eigenvalue weighted by atomic mass is 16.6. The van der Waals surface area contributed by atoms with Crippen LogP contribution >= 0.6 is 0 Å². The van der Waals surface area contributed by atoms with Gasteiger partial charge in [-0.3, -0.25) is 15.0 Å². The Bertz CT molecular complexity index is 747. The van der Waals surface area contributed by atoms with Crippen LogP contribution in [0.5, 0.6) is 0 Å². The minimum Gasteiger partial charge on any atom is -0.385 e. The van der Waals surface area contributed by atoms with Gasteiger partial charge in [-0.2, -0.15) is 0 Å². The first-order chi connectivity index (χ1) is 13.7. The first kappa shape index (κ1) is 20.5. The molecule has 0 unspecified atom stereocenters. The molecule has 4 atom stereocenters. The Morgan fingerprint density at radius 3 is 2.45 bits per heavy atom. The molecule has 2 saturated heterocycles. The van der Waals surface area contributed by atoms with E-state index in [-0.39, 0.29) is 34.3 Å². The summed E-state index contributed by atoms with van der Waals surface area (Å²) in [5.74, 6) is 0.175. The predicted octanol–water partition coefficient (Wildman–Crippen LogP) is 2.05. The Balaban J connectivity index is 1.45. The first-order valence-electron chi connectivity index (χ1n) is 10.4. The maximum Gasteiger partial charge on any atom is 0.269 e. The third kappa shape index (κ3) is 3.74.